The smallest absolute Gasteiger partial charge is 0.264 e. The summed E-state index contributed by atoms with van der Waals surface area (Å²) in [5.41, 5.74) is -0.359. The lowest BCUT2D eigenvalue weighted by atomic mass is 10.2. The highest BCUT2D eigenvalue weighted by Gasteiger charge is 2.17. The average Bonchev–Trinajstić information content (AvgIpc) is 2.15. The minimum atomic E-state index is -1.16. The summed E-state index contributed by atoms with van der Waals surface area (Å²) in [6, 6.07) is 2.08. The van der Waals surface area contributed by atoms with Crippen LogP contribution in [0.15, 0.2) is 12.1 Å². The maximum Gasteiger partial charge on any atom is 0.264 e. The van der Waals surface area contributed by atoms with Gasteiger partial charge in [0.1, 0.15) is 0 Å². The van der Waals surface area contributed by atoms with E-state index in [2.05, 4.69) is 16.4 Å². The molecule has 1 amide bonds. The second-order valence-electron chi connectivity index (χ2n) is 2.32. The summed E-state index contributed by atoms with van der Waals surface area (Å²) in [4.78, 5) is 11.1. The molecule has 0 bridgehead atoms. The van der Waals surface area contributed by atoms with Crippen molar-refractivity contribution in [1.82, 2.24) is 4.72 Å². The third-order valence-electron chi connectivity index (χ3n) is 1.48. The second kappa shape index (κ2) is 4.43. The van der Waals surface area contributed by atoms with Crippen molar-refractivity contribution in [2.24, 2.45) is 0 Å². The number of carbonyl (C=O) groups excluding carboxylic acids is 1. The monoisotopic (exact) mass is 235 g/mol. The van der Waals surface area contributed by atoms with Crippen LogP contribution in [0.1, 0.15) is 10.4 Å². The van der Waals surface area contributed by atoms with Gasteiger partial charge in [0.15, 0.2) is 17.3 Å². The molecule has 76 valence electrons. The Balaban J connectivity index is 3.11. The van der Waals surface area contributed by atoms with Crippen molar-refractivity contribution < 1.29 is 19.4 Å². The van der Waals surface area contributed by atoms with Gasteiger partial charge in [-0.3, -0.25) is 9.52 Å². The molecule has 0 aliphatic carbocycles. The van der Waals surface area contributed by atoms with E-state index in [1.807, 2.05) is 0 Å². The molecule has 0 saturated heterocycles. The molecule has 3 N–H and O–H groups in total. The summed E-state index contributed by atoms with van der Waals surface area (Å²) in [5, 5.41) is 17.9. The van der Waals surface area contributed by atoms with E-state index in [0.717, 1.165) is 12.1 Å². The summed E-state index contributed by atoms with van der Waals surface area (Å²) in [5.74, 6) is -3.46. The first-order valence-corrected chi connectivity index (χ1v) is 5.26. The van der Waals surface area contributed by atoms with Crippen LogP contribution in [0.4, 0.5) is 4.39 Å². The zero-order valence-corrected chi connectivity index (χ0v) is 8.40. The van der Waals surface area contributed by atoms with Gasteiger partial charge in [-0.25, -0.2) is 4.39 Å². The lowest BCUT2D eigenvalue weighted by Crippen LogP contribution is -2.15. The van der Waals surface area contributed by atoms with E-state index < -0.39 is 23.2 Å². The van der Waals surface area contributed by atoms with Gasteiger partial charge < -0.3 is 10.2 Å². The molecule has 14 heavy (non-hydrogen) atoms. The number of halogens is 1. The quantitative estimate of drug-likeness (QED) is 0.271. The molecule has 1 aromatic rings. The standard InChI is InChI=1S/C7H6FNO3S2/c8-5-3(7(12)9-14-13)1-2-4(10)6(5)11/h1-2,10-11,13H,(H,9,12). The van der Waals surface area contributed by atoms with Gasteiger partial charge in [-0.15, -0.1) is 0 Å². The van der Waals surface area contributed by atoms with Crippen LogP contribution in [0, 0.1) is 5.82 Å². The number of nitrogens with one attached hydrogen (secondary N) is 1. The molecule has 1 aromatic carbocycles. The van der Waals surface area contributed by atoms with Crippen LogP contribution < -0.4 is 4.72 Å². The number of phenolic OH excluding ortho intramolecular Hbond substituents is 2. The molecule has 0 aromatic heterocycles. The van der Waals surface area contributed by atoms with E-state index >= 15 is 0 Å². The maximum absolute atomic E-state index is 13.1. The highest BCUT2D eigenvalue weighted by molar-refractivity contribution is 8.68. The molecule has 0 spiro atoms. The predicted molar refractivity (Wildman–Crippen MR) is 53.8 cm³/mol. The second-order valence-corrected chi connectivity index (χ2v) is 3.25. The van der Waals surface area contributed by atoms with Crippen LogP contribution in [0.5, 0.6) is 11.5 Å². The first-order valence-electron chi connectivity index (χ1n) is 3.39. The van der Waals surface area contributed by atoms with Gasteiger partial charge in [0.05, 0.1) is 5.56 Å². The van der Waals surface area contributed by atoms with Crippen molar-refractivity contribution in [2.75, 3.05) is 0 Å². The summed E-state index contributed by atoms with van der Waals surface area (Å²) in [7, 11) is 0.707. The number of amides is 1. The topological polar surface area (TPSA) is 69.6 Å². The van der Waals surface area contributed by atoms with Crippen LogP contribution in [-0.2, 0) is 0 Å². The predicted octanol–water partition coefficient (Wildman–Crippen LogP) is 1.46. The first-order chi connectivity index (χ1) is 6.57. The van der Waals surface area contributed by atoms with Gasteiger partial charge >= 0.3 is 0 Å². The molecular formula is C7H6FNO3S2. The molecule has 0 saturated carbocycles. The Morgan fingerprint density at radius 3 is 2.71 bits per heavy atom. The third kappa shape index (κ3) is 2.05. The summed E-state index contributed by atoms with van der Waals surface area (Å²) >= 11 is 3.64. The molecule has 0 fully saturated rings. The van der Waals surface area contributed by atoms with E-state index in [4.69, 9.17) is 10.2 Å². The van der Waals surface area contributed by atoms with E-state index in [9.17, 15) is 9.18 Å². The largest absolute Gasteiger partial charge is 0.504 e. The molecule has 7 heteroatoms. The van der Waals surface area contributed by atoms with Gasteiger partial charge in [-0.2, -0.15) is 0 Å². The van der Waals surface area contributed by atoms with Crippen molar-refractivity contribution in [3.8, 4) is 11.5 Å². The van der Waals surface area contributed by atoms with Gasteiger partial charge in [0.25, 0.3) is 5.91 Å². The zero-order chi connectivity index (χ0) is 10.7. The lowest BCUT2D eigenvalue weighted by molar-refractivity contribution is 0.0980. The van der Waals surface area contributed by atoms with Gasteiger partial charge in [-0.05, 0) is 12.1 Å². The van der Waals surface area contributed by atoms with E-state index in [-0.39, 0.29) is 5.56 Å². The van der Waals surface area contributed by atoms with Crippen LogP contribution in [-0.4, -0.2) is 16.1 Å². The zero-order valence-electron chi connectivity index (χ0n) is 6.69. The number of benzene rings is 1. The SMILES string of the molecule is O=C(NSS)c1ccc(O)c(O)c1F. The van der Waals surface area contributed by atoms with E-state index in [0.29, 0.717) is 11.0 Å². The average molecular weight is 235 g/mol. The van der Waals surface area contributed by atoms with Crippen molar-refractivity contribution in [2.45, 2.75) is 0 Å². The van der Waals surface area contributed by atoms with Crippen LogP contribution >= 0.6 is 22.6 Å². The summed E-state index contributed by atoms with van der Waals surface area (Å²) < 4.78 is 15.3. The highest BCUT2D eigenvalue weighted by atomic mass is 33.1. The number of hydrogen-bond acceptors (Lipinski definition) is 5. The molecular weight excluding hydrogens is 229 g/mol. The van der Waals surface area contributed by atoms with Crippen molar-refractivity contribution in [3.05, 3.63) is 23.5 Å². The third-order valence-corrected chi connectivity index (χ3v) is 2.03. The fourth-order valence-corrected chi connectivity index (χ4v) is 1.27. The van der Waals surface area contributed by atoms with E-state index in [1.165, 1.54) is 0 Å². The molecule has 0 unspecified atom stereocenters. The molecule has 1 rings (SSSR count). The molecule has 0 atom stereocenters. The summed E-state index contributed by atoms with van der Waals surface area (Å²) in [6.07, 6.45) is 0. The Labute approximate surface area is 88.1 Å². The molecule has 0 heterocycles. The number of hydrogen-bond donors (Lipinski definition) is 4. The minimum Gasteiger partial charge on any atom is -0.504 e. The van der Waals surface area contributed by atoms with Gasteiger partial charge in [0.2, 0.25) is 0 Å². The maximum atomic E-state index is 13.1. The van der Waals surface area contributed by atoms with E-state index in [1.54, 1.807) is 0 Å². The van der Waals surface area contributed by atoms with Crippen molar-refractivity contribution in [1.29, 1.82) is 0 Å². The number of carbonyl (C=O) groups is 1. The molecule has 4 nitrogen and oxygen atoms in total. The number of thiol groups is 1. The Kier molecular flexibility index (Phi) is 3.48. The Bertz CT molecular complexity index is 372. The normalized spacial score (nSPS) is 9.86. The van der Waals surface area contributed by atoms with Crippen LogP contribution in [0.2, 0.25) is 0 Å². The number of aromatic hydroxyl groups is 2. The fourth-order valence-electron chi connectivity index (χ4n) is 0.826. The Morgan fingerprint density at radius 1 is 1.50 bits per heavy atom. The minimum absolute atomic E-state index is 0.359. The Morgan fingerprint density at radius 2 is 2.14 bits per heavy atom. The molecule has 0 radical (unpaired) electrons. The van der Waals surface area contributed by atoms with Crippen molar-refractivity contribution >= 4 is 28.5 Å². The first kappa shape index (κ1) is 11.0. The number of rotatable bonds is 2. The molecule has 0 aliphatic rings. The van der Waals surface area contributed by atoms with Crippen LogP contribution in [0.25, 0.3) is 0 Å². The highest BCUT2D eigenvalue weighted by Crippen LogP contribution is 2.29. The van der Waals surface area contributed by atoms with Gasteiger partial charge in [0, 0.05) is 11.0 Å². The number of phenols is 2. The Hall–Kier alpha value is -1.08. The van der Waals surface area contributed by atoms with Crippen molar-refractivity contribution in [3.63, 3.8) is 0 Å². The fraction of sp³-hybridized carbons (Fsp3) is 0. The van der Waals surface area contributed by atoms with Crippen LogP contribution in [0.3, 0.4) is 0 Å². The molecule has 0 aliphatic heterocycles. The van der Waals surface area contributed by atoms with Gasteiger partial charge in [-0.1, -0.05) is 11.7 Å². The summed E-state index contributed by atoms with van der Waals surface area (Å²) in [6.45, 7) is 0. The lowest BCUT2D eigenvalue weighted by Gasteiger charge is -2.04.